The van der Waals surface area contributed by atoms with Gasteiger partial charge in [0.1, 0.15) is 11.4 Å². The van der Waals surface area contributed by atoms with E-state index < -0.39 is 0 Å². The van der Waals surface area contributed by atoms with Crippen LogP contribution < -0.4 is 5.43 Å². The van der Waals surface area contributed by atoms with Gasteiger partial charge in [-0.2, -0.15) is 5.10 Å². The second-order valence-electron chi connectivity index (χ2n) is 3.99. The molecule has 0 spiro atoms. The number of nitrogens with zero attached hydrogens (tertiary/aromatic N) is 2. The molecule has 0 aliphatic carbocycles. The Morgan fingerprint density at radius 1 is 0.947 bits per heavy atom. The highest BCUT2D eigenvalue weighted by Crippen LogP contribution is 2.08. The molecule has 4 heteroatoms. The van der Waals surface area contributed by atoms with Crippen LogP contribution in [0, 0.1) is 0 Å². The Morgan fingerprint density at radius 2 is 1.53 bits per heavy atom. The van der Waals surface area contributed by atoms with E-state index in [1.165, 1.54) is 0 Å². The van der Waals surface area contributed by atoms with Gasteiger partial charge in [-0.3, -0.25) is 5.43 Å². The van der Waals surface area contributed by atoms with Gasteiger partial charge in [-0.05, 0) is 19.1 Å². The van der Waals surface area contributed by atoms with Crippen molar-refractivity contribution >= 4 is 17.1 Å². The van der Waals surface area contributed by atoms with E-state index in [0.29, 0.717) is 11.4 Å². The molecule has 0 saturated carbocycles. The molecule has 4 nitrogen and oxygen atoms in total. The lowest BCUT2D eigenvalue weighted by atomic mass is 10.1. The van der Waals surface area contributed by atoms with Crippen LogP contribution in [-0.2, 0) is 0 Å². The number of para-hydroxylation sites is 1. The van der Waals surface area contributed by atoms with Crippen molar-refractivity contribution in [1.82, 2.24) is 0 Å². The molecule has 96 valence electrons. The minimum Gasteiger partial charge on any atom is -0.411 e. The van der Waals surface area contributed by atoms with Gasteiger partial charge in [0, 0.05) is 5.56 Å². The van der Waals surface area contributed by atoms with E-state index in [2.05, 4.69) is 15.7 Å². The summed E-state index contributed by atoms with van der Waals surface area (Å²) in [4.78, 5) is 0. The number of anilines is 1. The quantitative estimate of drug-likeness (QED) is 0.498. The summed E-state index contributed by atoms with van der Waals surface area (Å²) in [5, 5.41) is 16.5. The highest BCUT2D eigenvalue weighted by Gasteiger charge is 2.07. The third-order valence-electron chi connectivity index (χ3n) is 2.61. The first-order valence-corrected chi connectivity index (χ1v) is 5.94. The maximum absolute atomic E-state index is 8.94. The van der Waals surface area contributed by atoms with E-state index >= 15 is 0 Å². The number of oxime groups is 1. The Hall–Kier alpha value is -2.62. The molecule has 0 aliphatic heterocycles. The van der Waals surface area contributed by atoms with E-state index in [-0.39, 0.29) is 0 Å². The molecule has 0 heterocycles. The summed E-state index contributed by atoms with van der Waals surface area (Å²) in [6.07, 6.45) is 0. The summed E-state index contributed by atoms with van der Waals surface area (Å²) in [6, 6.07) is 19.2. The third-order valence-corrected chi connectivity index (χ3v) is 2.61. The van der Waals surface area contributed by atoms with Crippen LogP contribution in [0.2, 0.25) is 0 Å². The minimum absolute atomic E-state index is 0.453. The molecule has 2 N–H and O–H groups in total. The number of hydrogen-bond donors (Lipinski definition) is 2. The molecular weight excluding hydrogens is 238 g/mol. The van der Waals surface area contributed by atoms with Gasteiger partial charge in [-0.1, -0.05) is 53.7 Å². The second-order valence-corrected chi connectivity index (χ2v) is 3.99. The topological polar surface area (TPSA) is 57.0 Å². The largest absolute Gasteiger partial charge is 0.411 e. The molecule has 0 amide bonds. The molecule has 2 rings (SSSR count). The standard InChI is InChI=1S/C15H15N3O/c1-12(18-19)15(13-8-4-2-5-9-13)17-16-14-10-6-3-7-11-14/h2-11,16,19H,1H3. The molecule has 2 aromatic carbocycles. The van der Waals surface area contributed by atoms with Crippen molar-refractivity contribution in [2.75, 3.05) is 5.43 Å². The summed E-state index contributed by atoms with van der Waals surface area (Å²) in [5.41, 5.74) is 5.78. The molecule has 0 bridgehead atoms. The Labute approximate surface area is 112 Å². The highest BCUT2D eigenvalue weighted by atomic mass is 16.4. The van der Waals surface area contributed by atoms with Crippen LogP contribution in [0.3, 0.4) is 0 Å². The summed E-state index contributed by atoms with van der Waals surface area (Å²) >= 11 is 0. The van der Waals surface area contributed by atoms with Crippen molar-refractivity contribution in [3.63, 3.8) is 0 Å². The molecular formula is C15H15N3O. The fraction of sp³-hybridized carbons (Fsp3) is 0.0667. The van der Waals surface area contributed by atoms with Crippen molar-refractivity contribution < 1.29 is 5.21 Å². The van der Waals surface area contributed by atoms with E-state index in [4.69, 9.17) is 5.21 Å². The lowest BCUT2D eigenvalue weighted by molar-refractivity contribution is 0.320. The second kappa shape index (κ2) is 6.35. The van der Waals surface area contributed by atoms with Gasteiger partial charge in [-0.25, -0.2) is 0 Å². The normalized spacial score (nSPS) is 12.3. The van der Waals surface area contributed by atoms with E-state index in [1.807, 2.05) is 60.7 Å². The van der Waals surface area contributed by atoms with Crippen LogP contribution in [0.25, 0.3) is 0 Å². The third kappa shape index (κ3) is 3.42. The Kier molecular flexibility index (Phi) is 4.29. The van der Waals surface area contributed by atoms with Gasteiger partial charge in [-0.15, -0.1) is 0 Å². The van der Waals surface area contributed by atoms with Crippen molar-refractivity contribution in [2.24, 2.45) is 10.3 Å². The van der Waals surface area contributed by atoms with Gasteiger partial charge < -0.3 is 5.21 Å². The molecule has 19 heavy (non-hydrogen) atoms. The molecule has 2 aromatic rings. The van der Waals surface area contributed by atoms with Crippen LogP contribution in [0.5, 0.6) is 0 Å². The lowest BCUT2D eigenvalue weighted by Gasteiger charge is -2.06. The predicted octanol–water partition coefficient (Wildman–Crippen LogP) is 3.35. The number of hydrazone groups is 1. The predicted molar refractivity (Wildman–Crippen MR) is 77.9 cm³/mol. The summed E-state index contributed by atoms with van der Waals surface area (Å²) < 4.78 is 0. The molecule has 0 atom stereocenters. The average Bonchev–Trinajstić information content (AvgIpc) is 2.49. The fourth-order valence-corrected chi connectivity index (χ4v) is 1.63. The van der Waals surface area contributed by atoms with Gasteiger partial charge >= 0.3 is 0 Å². The van der Waals surface area contributed by atoms with E-state index in [0.717, 1.165) is 11.3 Å². The van der Waals surface area contributed by atoms with Gasteiger partial charge in [0.05, 0.1) is 5.69 Å². The first kappa shape index (κ1) is 12.8. The van der Waals surface area contributed by atoms with Gasteiger partial charge in [0.15, 0.2) is 0 Å². The summed E-state index contributed by atoms with van der Waals surface area (Å²) in [7, 11) is 0. The maximum Gasteiger partial charge on any atom is 0.115 e. The molecule has 0 fully saturated rings. The minimum atomic E-state index is 0.453. The van der Waals surface area contributed by atoms with Crippen LogP contribution in [0.15, 0.2) is 70.9 Å². The van der Waals surface area contributed by atoms with Gasteiger partial charge in [0.25, 0.3) is 0 Å². The van der Waals surface area contributed by atoms with Crippen molar-refractivity contribution in [3.05, 3.63) is 66.2 Å². The van der Waals surface area contributed by atoms with E-state index in [1.54, 1.807) is 6.92 Å². The number of hydrogen-bond acceptors (Lipinski definition) is 4. The SMILES string of the molecule is CC(=NO)C(=NNc1ccccc1)c1ccccc1. The maximum atomic E-state index is 8.94. The molecule has 0 radical (unpaired) electrons. The van der Waals surface area contributed by atoms with Crippen molar-refractivity contribution in [1.29, 1.82) is 0 Å². The average molecular weight is 253 g/mol. The van der Waals surface area contributed by atoms with Crippen LogP contribution in [-0.4, -0.2) is 16.6 Å². The summed E-state index contributed by atoms with van der Waals surface area (Å²) in [5.74, 6) is 0. The number of benzene rings is 2. The van der Waals surface area contributed by atoms with Gasteiger partial charge in [0.2, 0.25) is 0 Å². The molecule has 0 aromatic heterocycles. The van der Waals surface area contributed by atoms with Crippen molar-refractivity contribution in [2.45, 2.75) is 6.92 Å². The lowest BCUT2D eigenvalue weighted by Crippen LogP contribution is -2.14. The Bertz CT molecular complexity index is 577. The molecule has 0 unspecified atom stereocenters. The first-order valence-electron chi connectivity index (χ1n) is 5.94. The van der Waals surface area contributed by atoms with Crippen LogP contribution in [0.1, 0.15) is 12.5 Å². The Morgan fingerprint density at radius 3 is 2.11 bits per heavy atom. The molecule has 0 aliphatic rings. The zero-order valence-electron chi connectivity index (χ0n) is 10.6. The summed E-state index contributed by atoms with van der Waals surface area (Å²) in [6.45, 7) is 1.71. The highest BCUT2D eigenvalue weighted by molar-refractivity contribution is 6.47. The number of nitrogens with one attached hydrogen (secondary N) is 1. The fourth-order valence-electron chi connectivity index (χ4n) is 1.63. The van der Waals surface area contributed by atoms with Crippen LogP contribution in [0.4, 0.5) is 5.69 Å². The zero-order chi connectivity index (χ0) is 13.5. The first-order chi connectivity index (χ1) is 9.31. The monoisotopic (exact) mass is 253 g/mol. The smallest absolute Gasteiger partial charge is 0.115 e. The zero-order valence-corrected chi connectivity index (χ0v) is 10.6. The van der Waals surface area contributed by atoms with E-state index in [9.17, 15) is 0 Å². The number of rotatable bonds is 4. The Balaban J connectivity index is 2.29. The van der Waals surface area contributed by atoms with Crippen LogP contribution >= 0.6 is 0 Å². The molecule has 0 saturated heterocycles. The van der Waals surface area contributed by atoms with Crippen molar-refractivity contribution in [3.8, 4) is 0 Å².